The zero-order valence-electron chi connectivity index (χ0n) is 11.3. The third-order valence-electron chi connectivity index (χ3n) is 3.59. The Labute approximate surface area is 118 Å². The van der Waals surface area contributed by atoms with Gasteiger partial charge < -0.3 is 15.2 Å². The van der Waals surface area contributed by atoms with Crippen molar-refractivity contribution in [3.63, 3.8) is 0 Å². The van der Waals surface area contributed by atoms with Crippen LogP contribution in [0.3, 0.4) is 0 Å². The highest BCUT2D eigenvalue weighted by molar-refractivity contribution is 6.99. The lowest BCUT2D eigenvalue weighted by molar-refractivity contribution is 0.104. The van der Waals surface area contributed by atoms with E-state index in [0.717, 1.165) is 24.2 Å². The van der Waals surface area contributed by atoms with Crippen LogP contribution in [0.25, 0.3) is 0 Å². The fourth-order valence-electron chi connectivity index (χ4n) is 2.54. The molecule has 1 aliphatic rings. The quantitative estimate of drug-likeness (QED) is 0.678. The van der Waals surface area contributed by atoms with Crippen LogP contribution < -0.4 is 10.1 Å². The molecule has 2 N–H and O–H groups in total. The van der Waals surface area contributed by atoms with E-state index >= 15 is 0 Å². The maximum Gasteiger partial charge on any atom is 0.245 e. The van der Waals surface area contributed by atoms with E-state index in [0.29, 0.717) is 12.4 Å². The van der Waals surface area contributed by atoms with Gasteiger partial charge in [0.2, 0.25) is 5.88 Å². The Balaban J connectivity index is 1.43. The van der Waals surface area contributed by atoms with Gasteiger partial charge in [-0.05, 0) is 25.3 Å². The Morgan fingerprint density at radius 1 is 1.47 bits per heavy atom. The van der Waals surface area contributed by atoms with Crippen LogP contribution in [-0.4, -0.2) is 39.7 Å². The largest absolute Gasteiger partial charge is 0.473 e. The van der Waals surface area contributed by atoms with Gasteiger partial charge in [0.1, 0.15) is 18.9 Å². The number of nitrogens with one attached hydrogen (secondary N) is 1. The summed E-state index contributed by atoms with van der Waals surface area (Å²) in [5, 5.41) is 13.0. The molecule has 19 heavy (non-hydrogen) atoms. The molecule has 1 atom stereocenters. The summed E-state index contributed by atoms with van der Waals surface area (Å²) >= 11 is 1.11. The zero-order valence-corrected chi connectivity index (χ0v) is 12.1. The van der Waals surface area contributed by atoms with E-state index in [2.05, 4.69) is 14.1 Å². The monoisotopic (exact) mass is 285 g/mol. The smallest absolute Gasteiger partial charge is 0.245 e. The molecule has 108 valence electrons. The Bertz CT molecular complexity index is 329. The predicted octanol–water partition coefficient (Wildman–Crippen LogP) is 1.84. The van der Waals surface area contributed by atoms with E-state index in [1.165, 1.54) is 38.5 Å². The van der Waals surface area contributed by atoms with Gasteiger partial charge >= 0.3 is 0 Å². The van der Waals surface area contributed by atoms with Crippen LogP contribution in [-0.2, 0) is 0 Å². The number of aliphatic hydroxyl groups is 1. The minimum absolute atomic E-state index is 0.265. The van der Waals surface area contributed by atoms with Gasteiger partial charge in [-0.1, -0.05) is 25.7 Å². The van der Waals surface area contributed by atoms with Gasteiger partial charge in [-0.25, -0.2) is 0 Å². The highest BCUT2D eigenvalue weighted by atomic mass is 32.1. The molecule has 0 saturated heterocycles. The standard InChI is InChI=1S/C13H23N3O2S/c17-12(10-18-13-9-15-19-16-13)8-14-7-3-6-11-4-1-2-5-11/h9,11-12,14,17H,1-8,10H2. The van der Waals surface area contributed by atoms with Crippen molar-refractivity contribution < 1.29 is 9.84 Å². The van der Waals surface area contributed by atoms with Crippen molar-refractivity contribution in [3.8, 4) is 5.88 Å². The lowest BCUT2D eigenvalue weighted by Crippen LogP contribution is -2.32. The molecule has 0 amide bonds. The number of aliphatic hydroxyl groups excluding tert-OH is 1. The lowest BCUT2D eigenvalue weighted by atomic mass is 10.0. The molecule has 0 aromatic carbocycles. The predicted molar refractivity (Wildman–Crippen MR) is 75.5 cm³/mol. The van der Waals surface area contributed by atoms with E-state index in [9.17, 15) is 5.11 Å². The molecule has 1 unspecified atom stereocenters. The number of nitrogens with zero attached hydrogens (tertiary/aromatic N) is 2. The van der Waals surface area contributed by atoms with Crippen molar-refractivity contribution >= 4 is 11.7 Å². The van der Waals surface area contributed by atoms with E-state index in [-0.39, 0.29) is 6.61 Å². The summed E-state index contributed by atoms with van der Waals surface area (Å²) < 4.78 is 13.0. The number of hydrogen-bond donors (Lipinski definition) is 2. The maximum absolute atomic E-state index is 9.73. The van der Waals surface area contributed by atoms with Crippen LogP contribution in [0.4, 0.5) is 0 Å². The van der Waals surface area contributed by atoms with Gasteiger partial charge in [0.15, 0.2) is 0 Å². The third-order valence-corrected chi connectivity index (χ3v) is 4.05. The number of aromatic nitrogens is 2. The van der Waals surface area contributed by atoms with E-state index < -0.39 is 6.10 Å². The van der Waals surface area contributed by atoms with Crippen LogP contribution in [0.1, 0.15) is 38.5 Å². The molecule has 1 fully saturated rings. The van der Waals surface area contributed by atoms with Crippen molar-refractivity contribution in [2.24, 2.45) is 5.92 Å². The molecule has 0 bridgehead atoms. The number of ether oxygens (including phenoxy) is 1. The van der Waals surface area contributed by atoms with E-state index in [1.54, 1.807) is 6.20 Å². The number of rotatable bonds is 9. The Hall–Kier alpha value is -0.720. The zero-order chi connectivity index (χ0) is 13.3. The first-order chi connectivity index (χ1) is 9.34. The second kappa shape index (κ2) is 8.45. The van der Waals surface area contributed by atoms with Gasteiger partial charge in [0, 0.05) is 6.54 Å². The molecule has 0 spiro atoms. The van der Waals surface area contributed by atoms with Gasteiger partial charge in [0.25, 0.3) is 0 Å². The molecule has 1 heterocycles. The van der Waals surface area contributed by atoms with Gasteiger partial charge in [-0.3, -0.25) is 0 Å². The minimum Gasteiger partial charge on any atom is -0.473 e. The van der Waals surface area contributed by atoms with Crippen molar-refractivity contribution in [1.82, 2.24) is 14.1 Å². The topological polar surface area (TPSA) is 67.3 Å². The molecule has 5 nitrogen and oxygen atoms in total. The lowest BCUT2D eigenvalue weighted by Gasteiger charge is -2.13. The van der Waals surface area contributed by atoms with Crippen molar-refractivity contribution in [2.45, 2.75) is 44.6 Å². The molecule has 0 aliphatic heterocycles. The summed E-state index contributed by atoms with van der Waals surface area (Å²) in [5.74, 6) is 1.44. The fraction of sp³-hybridized carbons (Fsp3) is 0.846. The SMILES string of the molecule is OC(CNCCCC1CCCC1)COc1cnsn1. The molecule has 6 heteroatoms. The van der Waals surface area contributed by atoms with E-state index in [4.69, 9.17) is 4.74 Å². The number of hydrogen-bond acceptors (Lipinski definition) is 6. The summed E-state index contributed by atoms with van der Waals surface area (Å²) in [6.45, 7) is 1.81. The summed E-state index contributed by atoms with van der Waals surface area (Å²) in [7, 11) is 0. The highest BCUT2D eigenvalue weighted by Crippen LogP contribution is 2.28. The minimum atomic E-state index is -0.492. The molecule has 1 saturated carbocycles. The summed E-state index contributed by atoms with van der Waals surface area (Å²) in [5.41, 5.74) is 0. The van der Waals surface area contributed by atoms with Gasteiger partial charge in [-0.2, -0.15) is 4.37 Å². The first kappa shape index (κ1) is 14.7. The molecule has 1 aromatic heterocycles. The Morgan fingerprint density at radius 2 is 2.32 bits per heavy atom. The second-order valence-corrected chi connectivity index (χ2v) is 5.76. The maximum atomic E-state index is 9.73. The molecular formula is C13H23N3O2S. The van der Waals surface area contributed by atoms with Gasteiger partial charge in [-0.15, -0.1) is 4.37 Å². The Kier molecular flexibility index (Phi) is 6.53. The summed E-state index contributed by atoms with van der Waals surface area (Å²) in [6.07, 6.45) is 9.26. The van der Waals surface area contributed by atoms with Crippen LogP contribution >= 0.6 is 11.7 Å². The molecule has 1 aromatic rings. The highest BCUT2D eigenvalue weighted by Gasteiger charge is 2.14. The normalized spacial score (nSPS) is 17.7. The Morgan fingerprint density at radius 3 is 3.05 bits per heavy atom. The van der Waals surface area contributed by atoms with Crippen molar-refractivity contribution in [3.05, 3.63) is 6.20 Å². The van der Waals surface area contributed by atoms with Crippen LogP contribution in [0.15, 0.2) is 6.20 Å². The second-order valence-electron chi connectivity index (χ2n) is 5.21. The van der Waals surface area contributed by atoms with Gasteiger partial charge in [0.05, 0.1) is 11.7 Å². The summed E-state index contributed by atoms with van der Waals surface area (Å²) in [4.78, 5) is 0. The molecular weight excluding hydrogens is 262 g/mol. The average Bonchev–Trinajstić information content (AvgIpc) is 3.09. The molecule has 2 rings (SSSR count). The molecule has 0 radical (unpaired) electrons. The molecule has 1 aliphatic carbocycles. The van der Waals surface area contributed by atoms with E-state index in [1.807, 2.05) is 0 Å². The van der Waals surface area contributed by atoms with Crippen LogP contribution in [0.2, 0.25) is 0 Å². The third kappa shape index (κ3) is 5.84. The van der Waals surface area contributed by atoms with Crippen molar-refractivity contribution in [1.29, 1.82) is 0 Å². The van der Waals surface area contributed by atoms with Crippen LogP contribution in [0, 0.1) is 5.92 Å². The first-order valence-electron chi connectivity index (χ1n) is 7.13. The first-order valence-corrected chi connectivity index (χ1v) is 7.87. The van der Waals surface area contributed by atoms with Crippen molar-refractivity contribution in [2.75, 3.05) is 19.7 Å². The fourth-order valence-corrected chi connectivity index (χ4v) is 2.91. The summed E-state index contributed by atoms with van der Waals surface area (Å²) in [6, 6.07) is 0. The van der Waals surface area contributed by atoms with Crippen LogP contribution in [0.5, 0.6) is 5.88 Å². The average molecular weight is 285 g/mol.